The third kappa shape index (κ3) is 3.51. The molecule has 1 saturated heterocycles. The van der Waals surface area contributed by atoms with Crippen LogP contribution in [0.2, 0.25) is 0 Å². The fourth-order valence-corrected chi connectivity index (χ4v) is 2.96. The van der Waals surface area contributed by atoms with Gasteiger partial charge in [-0.3, -0.25) is 19.4 Å². The van der Waals surface area contributed by atoms with Gasteiger partial charge in [-0.15, -0.1) is 11.3 Å². The first-order valence-electron chi connectivity index (χ1n) is 6.31. The van der Waals surface area contributed by atoms with Crippen molar-refractivity contribution in [2.75, 3.05) is 31.1 Å². The summed E-state index contributed by atoms with van der Waals surface area (Å²) in [5.74, 6) is 0.0568. The van der Waals surface area contributed by atoms with Gasteiger partial charge >= 0.3 is 0 Å². The molecule has 0 saturated carbocycles. The lowest BCUT2D eigenvalue weighted by Crippen LogP contribution is -2.47. The lowest BCUT2D eigenvalue weighted by Gasteiger charge is -2.25. The Balaban J connectivity index is 2.00. The number of anilines is 1. The molecule has 0 aliphatic carbocycles. The highest BCUT2D eigenvalue weighted by molar-refractivity contribution is 7.14. The zero-order chi connectivity index (χ0) is 13.8. The van der Waals surface area contributed by atoms with Crippen LogP contribution in [0.5, 0.6) is 0 Å². The first kappa shape index (κ1) is 14.0. The fourth-order valence-electron chi connectivity index (χ4n) is 2.04. The van der Waals surface area contributed by atoms with Crippen LogP contribution in [0.4, 0.5) is 5.13 Å². The third-order valence-electron chi connectivity index (χ3n) is 2.97. The Bertz CT molecular complexity index is 474. The fraction of sp³-hybridized carbons (Fsp3) is 0.583. The molecule has 0 unspecified atom stereocenters. The molecule has 0 aromatic carbocycles. The summed E-state index contributed by atoms with van der Waals surface area (Å²) in [4.78, 5) is 30.9. The Kier molecular flexibility index (Phi) is 4.49. The zero-order valence-corrected chi connectivity index (χ0v) is 12.0. The van der Waals surface area contributed by atoms with Crippen molar-refractivity contribution in [3.8, 4) is 0 Å². The molecule has 1 aromatic heterocycles. The second-order valence-electron chi connectivity index (χ2n) is 4.45. The van der Waals surface area contributed by atoms with Gasteiger partial charge in [0.05, 0.1) is 12.2 Å². The first-order valence-corrected chi connectivity index (χ1v) is 7.19. The van der Waals surface area contributed by atoms with Crippen molar-refractivity contribution >= 4 is 28.3 Å². The van der Waals surface area contributed by atoms with Crippen LogP contribution in [0.25, 0.3) is 0 Å². The minimum Gasteiger partial charge on any atom is -0.354 e. The molecule has 19 heavy (non-hydrogen) atoms. The average molecular weight is 282 g/mol. The predicted octanol–water partition coefficient (Wildman–Crippen LogP) is 0.448. The van der Waals surface area contributed by atoms with E-state index in [0.29, 0.717) is 26.2 Å². The quantitative estimate of drug-likeness (QED) is 0.870. The highest BCUT2D eigenvalue weighted by Crippen LogP contribution is 2.21. The summed E-state index contributed by atoms with van der Waals surface area (Å²) in [6, 6.07) is 0. The van der Waals surface area contributed by atoms with Crippen molar-refractivity contribution in [3.05, 3.63) is 11.1 Å². The van der Waals surface area contributed by atoms with E-state index >= 15 is 0 Å². The van der Waals surface area contributed by atoms with Crippen LogP contribution in [0.1, 0.15) is 19.5 Å². The topological polar surface area (TPSA) is 65.5 Å². The van der Waals surface area contributed by atoms with E-state index in [1.165, 1.54) is 11.3 Å². The van der Waals surface area contributed by atoms with Crippen molar-refractivity contribution in [3.63, 3.8) is 0 Å². The molecule has 1 aliphatic rings. The van der Waals surface area contributed by atoms with Crippen molar-refractivity contribution in [1.29, 1.82) is 0 Å². The minimum absolute atomic E-state index is 0.000695. The van der Waals surface area contributed by atoms with Crippen LogP contribution >= 0.6 is 11.3 Å². The molecule has 2 rings (SSSR count). The van der Waals surface area contributed by atoms with Gasteiger partial charge in [0.15, 0.2) is 5.13 Å². The lowest BCUT2D eigenvalue weighted by molar-refractivity contribution is -0.124. The number of hydrogen-bond acceptors (Lipinski definition) is 5. The van der Waals surface area contributed by atoms with Crippen LogP contribution in [0, 0.1) is 0 Å². The summed E-state index contributed by atoms with van der Waals surface area (Å²) in [6.07, 6.45) is 0. The number of amides is 2. The van der Waals surface area contributed by atoms with E-state index in [4.69, 9.17) is 0 Å². The largest absolute Gasteiger partial charge is 0.354 e. The van der Waals surface area contributed by atoms with E-state index in [1.54, 1.807) is 11.8 Å². The maximum atomic E-state index is 11.4. The normalized spacial score (nSPS) is 16.2. The number of thiazole rings is 1. The van der Waals surface area contributed by atoms with Gasteiger partial charge in [0.2, 0.25) is 11.8 Å². The van der Waals surface area contributed by atoms with E-state index in [1.807, 2.05) is 12.3 Å². The molecule has 104 valence electrons. The van der Waals surface area contributed by atoms with Gasteiger partial charge in [0.25, 0.3) is 0 Å². The molecule has 2 heterocycles. The summed E-state index contributed by atoms with van der Waals surface area (Å²) in [5.41, 5.74) is 0.911. The second kappa shape index (κ2) is 6.12. The van der Waals surface area contributed by atoms with Crippen LogP contribution in [-0.4, -0.2) is 47.9 Å². The van der Waals surface area contributed by atoms with Gasteiger partial charge in [-0.2, -0.15) is 0 Å². The van der Waals surface area contributed by atoms with Crippen LogP contribution < -0.4 is 10.2 Å². The zero-order valence-electron chi connectivity index (χ0n) is 11.2. The molecule has 1 aromatic rings. The Morgan fingerprint density at radius 2 is 2.42 bits per heavy atom. The number of piperazine rings is 1. The lowest BCUT2D eigenvalue weighted by atomic mass is 10.3. The Hall–Kier alpha value is -1.47. The molecule has 2 amide bonds. The number of hydrogen-bond donors (Lipinski definition) is 1. The van der Waals surface area contributed by atoms with E-state index in [2.05, 4.69) is 15.2 Å². The van der Waals surface area contributed by atoms with E-state index < -0.39 is 0 Å². The van der Waals surface area contributed by atoms with Gasteiger partial charge in [0, 0.05) is 38.5 Å². The molecule has 0 bridgehead atoms. The first-order chi connectivity index (χ1) is 9.10. The Morgan fingerprint density at radius 1 is 1.63 bits per heavy atom. The van der Waals surface area contributed by atoms with Crippen LogP contribution in [0.15, 0.2) is 5.38 Å². The molecule has 7 heteroatoms. The number of nitrogens with one attached hydrogen (secondary N) is 1. The maximum Gasteiger partial charge on any atom is 0.234 e. The molecule has 1 N–H and O–H groups in total. The molecule has 0 radical (unpaired) electrons. The SMILES string of the molecule is CCN(C(C)=O)c1nc(CN2CCNC(=O)C2)cs1. The second-order valence-corrected chi connectivity index (χ2v) is 5.28. The monoisotopic (exact) mass is 282 g/mol. The van der Waals surface area contributed by atoms with Crippen molar-refractivity contribution in [2.24, 2.45) is 0 Å². The number of carbonyl (C=O) groups excluding carboxylic acids is 2. The number of nitrogens with zero attached hydrogens (tertiary/aromatic N) is 3. The van der Waals surface area contributed by atoms with E-state index in [-0.39, 0.29) is 11.8 Å². The minimum atomic E-state index is 0.000695. The molecule has 6 nitrogen and oxygen atoms in total. The van der Waals surface area contributed by atoms with Crippen molar-refractivity contribution in [2.45, 2.75) is 20.4 Å². The third-order valence-corrected chi connectivity index (χ3v) is 3.88. The van der Waals surface area contributed by atoms with Gasteiger partial charge in [-0.1, -0.05) is 0 Å². The molecular weight excluding hydrogens is 264 g/mol. The summed E-state index contributed by atoms with van der Waals surface area (Å²) in [6.45, 7) is 6.68. The molecule has 0 atom stereocenters. The Labute approximate surface area is 116 Å². The van der Waals surface area contributed by atoms with Crippen LogP contribution in [0.3, 0.4) is 0 Å². The molecular formula is C12H18N4O2S. The highest BCUT2D eigenvalue weighted by Gasteiger charge is 2.18. The smallest absolute Gasteiger partial charge is 0.234 e. The maximum absolute atomic E-state index is 11.4. The van der Waals surface area contributed by atoms with Gasteiger partial charge < -0.3 is 5.32 Å². The van der Waals surface area contributed by atoms with Crippen LogP contribution in [-0.2, 0) is 16.1 Å². The van der Waals surface area contributed by atoms with E-state index in [0.717, 1.165) is 17.4 Å². The summed E-state index contributed by atoms with van der Waals surface area (Å²) >= 11 is 1.47. The van der Waals surface area contributed by atoms with Gasteiger partial charge in [-0.25, -0.2) is 4.98 Å². The summed E-state index contributed by atoms with van der Waals surface area (Å²) in [7, 11) is 0. The Morgan fingerprint density at radius 3 is 3.05 bits per heavy atom. The van der Waals surface area contributed by atoms with Crippen molar-refractivity contribution in [1.82, 2.24) is 15.2 Å². The summed E-state index contributed by atoms with van der Waals surface area (Å²) < 4.78 is 0. The van der Waals surface area contributed by atoms with E-state index in [9.17, 15) is 9.59 Å². The standard InChI is InChI=1S/C12H18N4O2S/c1-3-16(9(2)17)12-14-10(8-19-12)6-15-5-4-13-11(18)7-15/h8H,3-7H2,1-2H3,(H,13,18). The predicted molar refractivity (Wildman–Crippen MR) is 74.1 cm³/mol. The number of aromatic nitrogens is 1. The van der Waals surface area contributed by atoms with Gasteiger partial charge in [0.1, 0.15) is 0 Å². The van der Waals surface area contributed by atoms with Gasteiger partial charge in [-0.05, 0) is 6.92 Å². The highest BCUT2D eigenvalue weighted by atomic mass is 32.1. The molecule has 0 spiro atoms. The number of carbonyl (C=O) groups is 2. The number of rotatable bonds is 4. The summed E-state index contributed by atoms with van der Waals surface area (Å²) in [5, 5.41) is 5.47. The van der Waals surface area contributed by atoms with Crippen molar-refractivity contribution < 1.29 is 9.59 Å². The average Bonchev–Trinajstić information content (AvgIpc) is 2.78. The molecule has 1 aliphatic heterocycles. The molecule has 1 fully saturated rings.